The quantitative estimate of drug-likeness (QED) is 0.717. The molecule has 0 N–H and O–H groups in total. The minimum atomic E-state index is 0.580. The molecule has 1 aromatic carbocycles. The molecule has 2 heteroatoms. The Morgan fingerprint density at radius 1 is 1.33 bits per heavy atom. The Bertz CT molecular complexity index is 241. The van der Waals surface area contributed by atoms with Crippen LogP contribution in [-0.2, 0) is 11.3 Å². The van der Waals surface area contributed by atoms with Gasteiger partial charge in [-0.2, -0.15) is 0 Å². The molecule has 64 valence electrons. The van der Waals surface area contributed by atoms with Crippen molar-refractivity contribution in [2.24, 2.45) is 0 Å². The van der Waals surface area contributed by atoms with Crippen LogP contribution in [0.3, 0.4) is 0 Å². The molecule has 0 aromatic heterocycles. The third kappa shape index (κ3) is 2.80. The highest BCUT2D eigenvalue weighted by Crippen LogP contribution is 2.06. The number of ether oxygens (including phenoxy) is 1. The Morgan fingerprint density at radius 3 is 2.50 bits per heavy atom. The summed E-state index contributed by atoms with van der Waals surface area (Å²) in [6, 6.07) is 8.14. The normalized spacial score (nSPS) is 9.75. The number of halogens is 1. The molecule has 1 aromatic rings. The zero-order chi connectivity index (χ0) is 8.81. The lowest BCUT2D eigenvalue weighted by atomic mass is 10.1. The average molecular weight is 227 g/mol. The van der Waals surface area contributed by atoms with E-state index in [0.717, 1.165) is 5.56 Å². The highest BCUT2D eigenvalue weighted by molar-refractivity contribution is 9.09. The van der Waals surface area contributed by atoms with Crippen LogP contribution in [0.1, 0.15) is 11.1 Å². The molecule has 12 heavy (non-hydrogen) atoms. The van der Waals surface area contributed by atoms with Crippen molar-refractivity contribution in [2.75, 3.05) is 5.52 Å². The van der Waals surface area contributed by atoms with Gasteiger partial charge in [-0.15, -0.1) is 0 Å². The van der Waals surface area contributed by atoms with Gasteiger partial charge in [0.15, 0.2) is 0 Å². The van der Waals surface area contributed by atoms with Gasteiger partial charge in [0.05, 0.1) is 6.61 Å². The molecule has 0 radical (unpaired) electrons. The smallest absolute Gasteiger partial charge is 0.102 e. The van der Waals surface area contributed by atoms with Crippen LogP contribution in [0.5, 0.6) is 0 Å². The molecule has 0 fully saturated rings. The van der Waals surface area contributed by atoms with Crippen LogP contribution in [-0.4, -0.2) is 5.52 Å². The SMILES string of the molecule is C=Cc1ccc(COCBr)cc1. The number of rotatable bonds is 4. The van der Waals surface area contributed by atoms with Gasteiger partial charge in [0.25, 0.3) is 0 Å². The molecule has 0 amide bonds. The molecule has 0 aliphatic heterocycles. The maximum atomic E-state index is 5.18. The number of hydrogen-bond donors (Lipinski definition) is 0. The lowest BCUT2D eigenvalue weighted by Crippen LogP contribution is -1.89. The zero-order valence-electron chi connectivity index (χ0n) is 6.79. The van der Waals surface area contributed by atoms with Crippen LogP contribution in [0.4, 0.5) is 0 Å². The molecule has 0 aliphatic carbocycles. The third-order valence-electron chi connectivity index (χ3n) is 1.56. The molecular formula is C10H11BrO. The number of alkyl halides is 1. The molecule has 0 heterocycles. The Morgan fingerprint density at radius 2 is 2.00 bits per heavy atom. The summed E-state index contributed by atoms with van der Waals surface area (Å²) in [7, 11) is 0. The van der Waals surface area contributed by atoms with Crippen molar-refractivity contribution in [3.63, 3.8) is 0 Å². The van der Waals surface area contributed by atoms with Gasteiger partial charge in [0.2, 0.25) is 0 Å². The first-order valence-electron chi connectivity index (χ1n) is 3.72. The van der Waals surface area contributed by atoms with E-state index in [1.165, 1.54) is 5.56 Å². The molecule has 0 unspecified atom stereocenters. The van der Waals surface area contributed by atoms with Gasteiger partial charge in [-0.1, -0.05) is 52.9 Å². The van der Waals surface area contributed by atoms with Gasteiger partial charge in [-0.25, -0.2) is 0 Å². The maximum Gasteiger partial charge on any atom is 0.102 e. The Labute approximate surface area is 81.2 Å². The van der Waals surface area contributed by atoms with Crippen molar-refractivity contribution in [1.29, 1.82) is 0 Å². The van der Waals surface area contributed by atoms with Crippen LogP contribution in [0.2, 0.25) is 0 Å². The third-order valence-corrected chi connectivity index (χ3v) is 1.89. The van der Waals surface area contributed by atoms with Crippen molar-refractivity contribution in [1.82, 2.24) is 0 Å². The summed E-state index contributed by atoms with van der Waals surface area (Å²) in [4.78, 5) is 0. The summed E-state index contributed by atoms with van der Waals surface area (Å²) in [6.07, 6.45) is 1.83. The fraction of sp³-hybridized carbons (Fsp3) is 0.200. The van der Waals surface area contributed by atoms with Gasteiger partial charge in [-0.05, 0) is 11.1 Å². The largest absolute Gasteiger partial charge is 0.366 e. The van der Waals surface area contributed by atoms with Crippen molar-refractivity contribution < 1.29 is 4.74 Å². The highest BCUT2D eigenvalue weighted by Gasteiger charge is 1.91. The van der Waals surface area contributed by atoms with E-state index in [0.29, 0.717) is 12.1 Å². The molecule has 0 aliphatic rings. The minimum Gasteiger partial charge on any atom is -0.366 e. The topological polar surface area (TPSA) is 9.23 Å². The van der Waals surface area contributed by atoms with E-state index in [1.807, 2.05) is 30.3 Å². The van der Waals surface area contributed by atoms with E-state index < -0.39 is 0 Å². The van der Waals surface area contributed by atoms with Gasteiger partial charge in [0.1, 0.15) is 5.52 Å². The van der Waals surface area contributed by atoms with Crippen molar-refractivity contribution in [3.05, 3.63) is 42.0 Å². The van der Waals surface area contributed by atoms with E-state index >= 15 is 0 Å². The summed E-state index contributed by atoms with van der Waals surface area (Å²) in [5.74, 6) is 0. The first kappa shape index (κ1) is 9.49. The van der Waals surface area contributed by atoms with Crippen molar-refractivity contribution in [2.45, 2.75) is 6.61 Å². The van der Waals surface area contributed by atoms with E-state index in [4.69, 9.17) is 4.74 Å². The molecule has 0 spiro atoms. The summed E-state index contributed by atoms with van der Waals surface area (Å²) in [5.41, 5.74) is 2.90. The fourth-order valence-electron chi connectivity index (χ4n) is 0.906. The first-order valence-corrected chi connectivity index (χ1v) is 4.84. The van der Waals surface area contributed by atoms with E-state index in [-0.39, 0.29) is 0 Å². The lowest BCUT2D eigenvalue weighted by Gasteiger charge is -2.00. The highest BCUT2D eigenvalue weighted by atomic mass is 79.9. The zero-order valence-corrected chi connectivity index (χ0v) is 8.38. The molecular weight excluding hydrogens is 216 g/mol. The molecule has 0 atom stereocenters. The summed E-state index contributed by atoms with van der Waals surface area (Å²) in [5, 5.41) is 0. The van der Waals surface area contributed by atoms with Crippen LogP contribution >= 0.6 is 15.9 Å². The second kappa shape index (κ2) is 5.12. The fourth-order valence-corrected chi connectivity index (χ4v) is 1.07. The predicted octanol–water partition coefficient (Wildman–Crippen LogP) is 3.20. The summed E-state index contributed by atoms with van der Waals surface area (Å²) >= 11 is 3.20. The predicted molar refractivity (Wildman–Crippen MR) is 55.1 cm³/mol. The molecule has 0 saturated heterocycles. The maximum absolute atomic E-state index is 5.18. The van der Waals surface area contributed by atoms with E-state index in [1.54, 1.807) is 0 Å². The lowest BCUT2D eigenvalue weighted by molar-refractivity contribution is 0.172. The van der Waals surface area contributed by atoms with Crippen LogP contribution < -0.4 is 0 Å². The second-order valence-electron chi connectivity index (χ2n) is 2.40. The van der Waals surface area contributed by atoms with Gasteiger partial charge >= 0.3 is 0 Å². The van der Waals surface area contributed by atoms with Gasteiger partial charge in [0, 0.05) is 0 Å². The monoisotopic (exact) mass is 226 g/mol. The molecule has 0 saturated carbocycles. The second-order valence-corrected chi connectivity index (χ2v) is 2.86. The van der Waals surface area contributed by atoms with Crippen LogP contribution in [0.15, 0.2) is 30.8 Å². The molecule has 1 nitrogen and oxygen atoms in total. The van der Waals surface area contributed by atoms with E-state index in [2.05, 4.69) is 22.5 Å². The first-order chi connectivity index (χ1) is 5.86. The number of benzene rings is 1. The van der Waals surface area contributed by atoms with Crippen LogP contribution in [0, 0.1) is 0 Å². The molecule has 0 bridgehead atoms. The van der Waals surface area contributed by atoms with Crippen LogP contribution in [0.25, 0.3) is 6.08 Å². The molecule has 1 rings (SSSR count). The Hall–Kier alpha value is -0.600. The average Bonchev–Trinajstić information content (AvgIpc) is 2.15. The van der Waals surface area contributed by atoms with Crippen molar-refractivity contribution >= 4 is 22.0 Å². The minimum absolute atomic E-state index is 0.580. The Balaban J connectivity index is 2.58. The number of hydrogen-bond acceptors (Lipinski definition) is 1. The summed E-state index contributed by atoms with van der Waals surface area (Å²) < 4.78 is 5.18. The standard InChI is InChI=1S/C10H11BrO/c1-2-9-3-5-10(6-4-9)7-12-8-11/h2-6H,1,7-8H2. The van der Waals surface area contributed by atoms with E-state index in [9.17, 15) is 0 Å². The Kier molecular flexibility index (Phi) is 4.05. The summed E-state index contributed by atoms with van der Waals surface area (Å²) in [6.45, 7) is 4.34. The van der Waals surface area contributed by atoms with Crippen molar-refractivity contribution in [3.8, 4) is 0 Å². The van der Waals surface area contributed by atoms with Gasteiger partial charge < -0.3 is 4.74 Å². The van der Waals surface area contributed by atoms with Gasteiger partial charge in [-0.3, -0.25) is 0 Å².